The van der Waals surface area contributed by atoms with Crippen molar-refractivity contribution in [3.8, 4) is 6.07 Å². The van der Waals surface area contributed by atoms with Gasteiger partial charge in [-0.05, 0) is 30.3 Å². The molecule has 2 N–H and O–H groups in total. The van der Waals surface area contributed by atoms with Crippen LogP contribution in [0, 0.1) is 11.3 Å². The Morgan fingerprint density at radius 2 is 1.77 bits per heavy atom. The molecule has 0 aliphatic heterocycles. The quantitative estimate of drug-likeness (QED) is 0.850. The second-order valence-electron chi connectivity index (χ2n) is 4.44. The molecule has 0 bridgehead atoms. The van der Waals surface area contributed by atoms with E-state index in [0.717, 1.165) is 0 Å². The molecule has 2 amide bonds. The molecule has 5 nitrogen and oxygen atoms in total. The number of carbonyl (C=O) groups is 2. The third kappa shape index (κ3) is 4.33. The standard InChI is InChI=1S/C16H12ClN3O2/c17-12-5-3-6-13(8-12)19-15(21)9-16(22)20-14-7-2-1-4-11(14)10-18/h1-8H,9H2,(H,19,21)(H,20,22). The fraction of sp³-hybridized carbons (Fsp3) is 0.0625. The molecular weight excluding hydrogens is 302 g/mol. The van der Waals surface area contributed by atoms with Crippen LogP contribution in [-0.2, 0) is 9.59 Å². The summed E-state index contributed by atoms with van der Waals surface area (Å²) in [5.41, 5.74) is 1.24. The predicted molar refractivity (Wildman–Crippen MR) is 84.5 cm³/mol. The summed E-state index contributed by atoms with van der Waals surface area (Å²) in [5.74, 6) is -0.962. The molecule has 2 aromatic rings. The van der Waals surface area contributed by atoms with Crippen molar-refractivity contribution < 1.29 is 9.59 Å². The Morgan fingerprint density at radius 1 is 1.05 bits per heavy atom. The number of para-hydroxylation sites is 1. The monoisotopic (exact) mass is 313 g/mol. The van der Waals surface area contributed by atoms with Crippen LogP contribution < -0.4 is 10.6 Å². The third-order valence-electron chi connectivity index (χ3n) is 2.75. The molecule has 110 valence electrons. The van der Waals surface area contributed by atoms with Crippen LogP contribution in [0.25, 0.3) is 0 Å². The minimum Gasteiger partial charge on any atom is -0.326 e. The van der Waals surface area contributed by atoms with Gasteiger partial charge in [-0.15, -0.1) is 0 Å². The van der Waals surface area contributed by atoms with Crippen molar-refractivity contribution in [3.05, 3.63) is 59.1 Å². The summed E-state index contributed by atoms with van der Waals surface area (Å²) in [6, 6.07) is 15.2. The van der Waals surface area contributed by atoms with Crippen molar-refractivity contribution in [3.63, 3.8) is 0 Å². The summed E-state index contributed by atoms with van der Waals surface area (Å²) in [5, 5.41) is 14.6. The van der Waals surface area contributed by atoms with E-state index in [2.05, 4.69) is 10.6 Å². The lowest BCUT2D eigenvalue weighted by atomic mass is 10.2. The summed E-state index contributed by atoms with van der Waals surface area (Å²) in [6.07, 6.45) is -0.355. The molecule has 0 atom stereocenters. The van der Waals surface area contributed by atoms with Crippen molar-refractivity contribution in [2.45, 2.75) is 6.42 Å². The molecule has 2 rings (SSSR count). The van der Waals surface area contributed by atoms with Gasteiger partial charge >= 0.3 is 0 Å². The molecule has 0 unspecified atom stereocenters. The van der Waals surface area contributed by atoms with Gasteiger partial charge in [0.25, 0.3) is 0 Å². The van der Waals surface area contributed by atoms with E-state index in [1.54, 1.807) is 48.5 Å². The molecule has 2 aromatic carbocycles. The zero-order valence-corrected chi connectivity index (χ0v) is 12.2. The number of nitrogens with zero attached hydrogens (tertiary/aromatic N) is 1. The molecule has 0 aliphatic rings. The molecule has 22 heavy (non-hydrogen) atoms. The first-order valence-electron chi connectivity index (χ1n) is 6.43. The number of carbonyl (C=O) groups excluding carboxylic acids is 2. The maximum absolute atomic E-state index is 11.8. The van der Waals surface area contributed by atoms with Gasteiger partial charge in [-0.3, -0.25) is 9.59 Å². The first kappa shape index (κ1) is 15.5. The van der Waals surface area contributed by atoms with Crippen LogP contribution in [0.1, 0.15) is 12.0 Å². The van der Waals surface area contributed by atoms with E-state index in [0.29, 0.717) is 22.0 Å². The fourth-order valence-corrected chi connectivity index (χ4v) is 1.99. The molecule has 0 spiro atoms. The number of hydrogen-bond donors (Lipinski definition) is 2. The Hall–Kier alpha value is -2.84. The lowest BCUT2D eigenvalue weighted by molar-refractivity contribution is -0.123. The Labute approximate surface area is 132 Å². The number of amides is 2. The van der Waals surface area contributed by atoms with Gasteiger partial charge in [0.05, 0.1) is 11.3 Å². The van der Waals surface area contributed by atoms with E-state index >= 15 is 0 Å². The maximum Gasteiger partial charge on any atom is 0.233 e. The average molecular weight is 314 g/mol. The van der Waals surface area contributed by atoms with Gasteiger partial charge in [-0.25, -0.2) is 0 Å². The van der Waals surface area contributed by atoms with Gasteiger partial charge in [0.2, 0.25) is 11.8 Å². The van der Waals surface area contributed by atoms with Gasteiger partial charge in [0, 0.05) is 10.7 Å². The fourth-order valence-electron chi connectivity index (χ4n) is 1.80. The summed E-state index contributed by atoms with van der Waals surface area (Å²) in [7, 11) is 0. The number of benzene rings is 2. The summed E-state index contributed by atoms with van der Waals surface area (Å²) >= 11 is 5.81. The van der Waals surface area contributed by atoms with E-state index < -0.39 is 11.8 Å². The Balaban J connectivity index is 1.94. The highest BCUT2D eigenvalue weighted by Gasteiger charge is 2.11. The van der Waals surface area contributed by atoms with Crippen molar-refractivity contribution in [1.29, 1.82) is 5.26 Å². The SMILES string of the molecule is N#Cc1ccccc1NC(=O)CC(=O)Nc1cccc(Cl)c1. The van der Waals surface area contributed by atoms with Crippen LogP contribution in [0.15, 0.2) is 48.5 Å². The molecule has 0 saturated carbocycles. The third-order valence-corrected chi connectivity index (χ3v) is 2.99. The number of halogens is 1. The smallest absolute Gasteiger partial charge is 0.233 e. The molecule has 0 fully saturated rings. The lowest BCUT2D eigenvalue weighted by Gasteiger charge is -2.08. The van der Waals surface area contributed by atoms with E-state index in [1.807, 2.05) is 6.07 Å². The number of nitriles is 1. The Bertz CT molecular complexity index is 753. The van der Waals surface area contributed by atoms with Crippen molar-refractivity contribution in [2.75, 3.05) is 10.6 Å². The minimum atomic E-state index is -0.498. The first-order chi connectivity index (χ1) is 10.6. The largest absolute Gasteiger partial charge is 0.326 e. The lowest BCUT2D eigenvalue weighted by Crippen LogP contribution is -2.21. The molecule has 6 heteroatoms. The van der Waals surface area contributed by atoms with E-state index in [-0.39, 0.29) is 6.42 Å². The number of nitrogens with one attached hydrogen (secondary N) is 2. The topological polar surface area (TPSA) is 82.0 Å². The second kappa shape index (κ2) is 7.25. The molecule has 0 saturated heterocycles. The zero-order valence-electron chi connectivity index (χ0n) is 11.5. The van der Waals surface area contributed by atoms with E-state index in [1.165, 1.54) is 0 Å². The average Bonchev–Trinajstić information content (AvgIpc) is 2.47. The van der Waals surface area contributed by atoms with Gasteiger partial charge in [0.15, 0.2) is 0 Å². The van der Waals surface area contributed by atoms with Crippen molar-refractivity contribution in [1.82, 2.24) is 0 Å². The van der Waals surface area contributed by atoms with Crippen LogP contribution in [0.3, 0.4) is 0 Å². The highest BCUT2D eigenvalue weighted by Crippen LogP contribution is 2.16. The number of rotatable bonds is 4. The van der Waals surface area contributed by atoms with Gasteiger partial charge in [-0.1, -0.05) is 29.8 Å². The molecule has 0 aromatic heterocycles. The van der Waals surface area contributed by atoms with Crippen LogP contribution in [0.5, 0.6) is 0 Å². The van der Waals surface area contributed by atoms with Crippen LogP contribution >= 0.6 is 11.6 Å². The minimum absolute atomic E-state index is 0.339. The number of hydrogen-bond acceptors (Lipinski definition) is 3. The Kier molecular flexibility index (Phi) is 5.12. The summed E-state index contributed by atoms with van der Waals surface area (Å²) < 4.78 is 0. The number of anilines is 2. The van der Waals surface area contributed by atoms with Crippen LogP contribution in [0.4, 0.5) is 11.4 Å². The van der Waals surface area contributed by atoms with E-state index in [9.17, 15) is 9.59 Å². The predicted octanol–water partition coefficient (Wildman–Crippen LogP) is 3.18. The normalized spacial score (nSPS) is 9.64. The van der Waals surface area contributed by atoms with Gasteiger partial charge in [0.1, 0.15) is 12.5 Å². The second-order valence-corrected chi connectivity index (χ2v) is 4.88. The summed E-state index contributed by atoms with van der Waals surface area (Å²) in [6.45, 7) is 0. The van der Waals surface area contributed by atoms with Gasteiger partial charge < -0.3 is 10.6 Å². The highest BCUT2D eigenvalue weighted by molar-refractivity contribution is 6.30. The molecule has 0 heterocycles. The van der Waals surface area contributed by atoms with Crippen molar-refractivity contribution >= 4 is 34.8 Å². The van der Waals surface area contributed by atoms with Gasteiger partial charge in [-0.2, -0.15) is 5.26 Å². The molecular formula is C16H12ClN3O2. The van der Waals surface area contributed by atoms with Crippen LogP contribution in [-0.4, -0.2) is 11.8 Å². The Morgan fingerprint density at radius 3 is 2.50 bits per heavy atom. The van der Waals surface area contributed by atoms with E-state index in [4.69, 9.17) is 16.9 Å². The first-order valence-corrected chi connectivity index (χ1v) is 6.80. The van der Waals surface area contributed by atoms with Crippen molar-refractivity contribution in [2.24, 2.45) is 0 Å². The maximum atomic E-state index is 11.8. The highest BCUT2D eigenvalue weighted by atomic mass is 35.5. The van der Waals surface area contributed by atoms with Crippen LogP contribution in [0.2, 0.25) is 5.02 Å². The zero-order chi connectivity index (χ0) is 15.9. The molecule has 0 radical (unpaired) electrons. The summed E-state index contributed by atoms with van der Waals surface area (Å²) in [4.78, 5) is 23.6. The molecule has 0 aliphatic carbocycles.